The Morgan fingerprint density at radius 2 is 1.77 bits per heavy atom. The molecule has 2 aromatic rings. The fourth-order valence-corrected chi connectivity index (χ4v) is 1.28. The largest absolute Gasteiger partial charge is 0.297 e. The summed E-state index contributed by atoms with van der Waals surface area (Å²) >= 11 is 0. The molecule has 0 saturated heterocycles. The molecule has 0 atom stereocenters. The van der Waals surface area contributed by atoms with Gasteiger partial charge in [-0.05, 0) is 17.2 Å². The van der Waals surface area contributed by atoms with Crippen molar-refractivity contribution in [2.75, 3.05) is 0 Å². The van der Waals surface area contributed by atoms with Gasteiger partial charge in [0, 0.05) is 12.4 Å². The first kappa shape index (κ1) is 7.80. The van der Waals surface area contributed by atoms with Gasteiger partial charge < -0.3 is 0 Å². The maximum atomic E-state index is 10.4. The van der Waals surface area contributed by atoms with Gasteiger partial charge in [-0.15, -0.1) is 0 Å². The lowest BCUT2D eigenvalue weighted by Crippen LogP contribution is -1.86. The highest BCUT2D eigenvalue weighted by atomic mass is 16.1. The molecule has 1 aromatic heterocycles. The number of rotatable bonds is 2. The molecular formula is C11H9NO. The van der Waals surface area contributed by atoms with Crippen molar-refractivity contribution < 1.29 is 4.79 Å². The summed E-state index contributed by atoms with van der Waals surface area (Å²) in [6, 6.07) is 11.9. The van der Waals surface area contributed by atoms with E-state index < -0.39 is 0 Å². The molecule has 64 valence electrons. The summed E-state index contributed by atoms with van der Waals surface area (Å²) in [5.74, 6) is 0. The van der Waals surface area contributed by atoms with Crippen LogP contribution in [-0.2, 0) is 4.79 Å². The summed E-state index contributed by atoms with van der Waals surface area (Å²) in [4.78, 5) is 10.4. The van der Waals surface area contributed by atoms with Gasteiger partial charge in [0.15, 0.2) is 0 Å². The summed E-state index contributed by atoms with van der Waals surface area (Å²) in [6.45, 7) is 0. The van der Waals surface area contributed by atoms with E-state index in [1.54, 1.807) is 6.20 Å². The van der Waals surface area contributed by atoms with Crippen LogP contribution in [-0.4, -0.2) is 11.0 Å². The number of carbonyl (C=O) groups is 1. The van der Waals surface area contributed by atoms with Crippen LogP contribution in [0.1, 0.15) is 0 Å². The van der Waals surface area contributed by atoms with E-state index in [-0.39, 0.29) is 0 Å². The topological polar surface area (TPSA) is 22.0 Å². The maximum absolute atomic E-state index is 10.4. The van der Waals surface area contributed by atoms with Crippen LogP contribution >= 0.6 is 0 Å². The quantitative estimate of drug-likeness (QED) is 0.635. The summed E-state index contributed by atoms with van der Waals surface area (Å²) in [5.41, 5.74) is 2.19. The van der Waals surface area contributed by atoms with Gasteiger partial charge in [-0.1, -0.05) is 30.3 Å². The Bertz CT molecular complexity index is 403. The van der Waals surface area contributed by atoms with Crippen LogP contribution in [0.3, 0.4) is 0 Å². The summed E-state index contributed by atoms with van der Waals surface area (Å²) in [6.07, 6.45) is 4.34. The summed E-state index contributed by atoms with van der Waals surface area (Å²) in [7, 11) is 0. The van der Waals surface area contributed by atoms with Crippen LogP contribution in [0.2, 0.25) is 0 Å². The lowest BCUT2D eigenvalue weighted by molar-refractivity contribution is 0.547. The third-order valence-corrected chi connectivity index (χ3v) is 1.94. The van der Waals surface area contributed by atoms with Gasteiger partial charge in [-0.2, -0.15) is 0 Å². The second-order valence-corrected chi connectivity index (χ2v) is 2.82. The molecule has 0 aliphatic rings. The zero-order valence-electron chi connectivity index (χ0n) is 7.05. The molecule has 0 fully saturated rings. The second-order valence-electron chi connectivity index (χ2n) is 2.82. The fraction of sp³-hybridized carbons (Fsp3) is 0. The first-order chi connectivity index (χ1) is 6.40. The van der Waals surface area contributed by atoms with Crippen LogP contribution in [0.15, 0.2) is 48.8 Å². The molecular weight excluding hydrogens is 162 g/mol. The molecule has 0 saturated carbocycles. The lowest BCUT2D eigenvalue weighted by Gasteiger charge is -1.94. The summed E-state index contributed by atoms with van der Waals surface area (Å²) < 4.78 is 1.50. The highest BCUT2D eigenvalue weighted by molar-refractivity contribution is 5.66. The number of hydrogen-bond acceptors (Lipinski definition) is 1. The Hall–Kier alpha value is -1.83. The van der Waals surface area contributed by atoms with Crippen LogP contribution in [0, 0.1) is 0 Å². The van der Waals surface area contributed by atoms with Gasteiger partial charge in [0.1, 0.15) is 0 Å². The zero-order valence-corrected chi connectivity index (χ0v) is 7.05. The molecule has 0 aliphatic heterocycles. The smallest absolute Gasteiger partial charge is 0.217 e. The maximum Gasteiger partial charge on any atom is 0.217 e. The molecule has 0 aliphatic carbocycles. The zero-order chi connectivity index (χ0) is 9.10. The highest BCUT2D eigenvalue weighted by Gasteiger charge is 1.97. The van der Waals surface area contributed by atoms with Gasteiger partial charge in [0.25, 0.3) is 0 Å². The Morgan fingerprint density at radius 3 is 2.38 bits per heavy atom. The molecule has 0 amide bonds. The predicted molar refractivity (Wildman–Crippen MR) is 52.0 cm³/mol. The first-order valence-corrected chi connectivity index (χ1v) is 4.08. The normalized spacial score (nSPS) is 9.85. The molecule has 0 radical (unpaired) electrons. The average Bonchev–Trinajstić information content (AvgIpc) is 2.67. The fourth-order valence-electron chi connectivity index (χ4n) is 1.28. The monoisotopic (exact) mass is 171 g/mol. The molecule has 0 bridgehead atoms. The molecule has 2 nitrogen and oxygen atoms in total. The second kappa shape index (κ2) is 3.27. The van der Waals surface area contributed by atoms with Crippen molar-refractivity contribution in [2.45, 2.75) is 0 Å². The number of carbonyl (C=O) groups excluding carboxylic acids is 1. The Balaban J connectivity index is 2.41. The van der Waals surface area contributed by atoms with E-state index in [2.05, 4.69) is 0 Å². The number of benzene rings is 1. The minimum absolute atomic E-state index is 0.784. The van der Waals surface area contributed by atoms with Gasteiger partial charge in [0.05, 0.1) is 0 Å². The minimum atomic E-state index is 0.784. The van der Waals surface area contributed by atoms with E-state index in [0.717, 1.165) is 17.5 Å². The SMILES string of the molecule is O=Cn1ccc(-c2ccccc2)c1. The van der Waals surface area contributed by atoms with Crippen LogP contribution in [0.4, 0.5) is 0 Å². The van der Waals surface area contributed by atoms with Gasteiger partial charge in [-0.25, -0.2) is 0 Å². The van der Waals surface area contributed by atoms with Crippen LogP contribution < -0.4 is 0 Å². The van der Waals surface area contributed by atoms with E-state index in [0.29, 0.717) is 0 Å². The highest BCUT2D eigenvalue weighted by Crippen LogP contribution is 2.17. The predicted octanol–water partition coefficient (Wildman–Crippen LogP) is 2.19. The third kappa shape index (κ3) is 1.51. The van der Waals surface area contributed by atoms with Gasteiger partial charge in [-0.3, -0.25) is 9.36 Å². The Labute approximate surface area is 76.4 Å². The van der Waals surface area contributed by atoms with Crippen molar-refractivity contribution in [1.82, 2.24) is 4.57 Å². The number of nitrogens with zero attached hydrogens (tertiary/aromatic N) is 1. The summed E-state index contributed by atoms with van der Waals surface area (Å²) in [5, 5.41) is 0. The van der Waals surface area contributed by atoms with Crippen molar-refractivity contribution in [1.29, 1.82) is 0 Å². The molecule has 2 rings (SSSR count). The van der Waals surface area contributed by atoms with E-state index in [1.165, 1.54) is 4.57 Å². The Kier molecular flexibility index (Phi) is 1.96. The van der Waals surface area contributed by atoms with E-state index in [4.69, 9.17) is 0 Å². The standard InChI is InChI=1S/C11H9NO/c13-9-12-7-6-11(8-12)10-4-2-1-3-5-10/h1-9H. The van der Waals surface area contributed by atoms with Crippen LogP contribution in [0.5, 0.6) is 0 Å². The van der Waals surface area contributed by atoms with E-state index in [1.807, 2.05) is 42.6 Å². The van der Waals surface area contributed by atoms with Gasteiger partial charge >= 0.3 is 0 Å². The number of aromatic nitrogens is 1. The molecule has 0 spiro atoms. The van der Waals surface area contributed by atoms with Crippen molar-refractivity contribution in [3.05, 3.63) is 48.8 Å². The van der Waals surface area contributed by atoms with Crippen molar-refractivity contribution in [2.24, 2.45) is 0 Å². The molecule has 0 N–H and O–H groups in total. The van der Waals surface area contributed by atoms with Crippen LogP contribution in [0.25, 0.3) is 11.1 Å². The molecule has 0 unspecified atom stereocenters. The average molecular weight is 171 g/mol. The number of hydrogen-bond donors (Lipinski definition) is 0. The third-order valence-electron chi connectivity index (χ3n) is 1.94. The minimum Gasteiger partial charge on any atom is -0.297 e. The molecule has 1 heterocycles. The molecule has 2 heteroatoms. The van der Waals surface area contributed by atoms with Crippen molar-refractivity contribution in [3.63, 3.8) is 0 Å². The van der Waals surface area contributed by atoms with Gasteiger partial charge in [0.2, 0.25) is 6.41 Å². The van der Waals surface area contributed by atoms with Crippen molar-refractivity contribution >= 4 is 6.41 Å². The van der Waals surface area contributed by atoms with Crippen molar-refractivity contribution in [3.8, 4) is 11.1 Å². The van der Waals surface area contributed by atoms with E-state index >= 15 is 0 Å². The van der Waals surface area contributed by atoms with E-state index in [9.17, 15) is 4.79 Å². The molecule has 1 aromatic carbocycles. The lowest BCUT2D eigenvalue weighted by atomic mass is 10.1. The first-order valence-electron chi connectivity index (χ1n) is 4.08. The Morgan fingerprint density at radius 1 is 1.00 bits per heavy atom. The molecule has 13 heavy (non-hydrogen) atoms.